The lowest BCUT2D eigenvalue weighted by Gasteiger charge is -2.32. The minimum absolute atomic E-state index is 0.251. The lowest BCUT2D eigenvalue weighted by molar-refractivity contribution is -0.144. The summed E-state index contributed by atoms with van der Waals surface area (Å²) < 4.78 is 0. The second-order valence-corrected chi connectivity index (χ2v) is 6.79. The van der Waals surface area contributed by atoms with Crippen molar-refractivity contribution in [1.29, 1.82) is 0 Å². The Morgan fingerprint density at radius 3 is 2.56 bits per heavy atom. The summed E-state index contributed by atoms with van der Waals surface area (Å²) in [7, 11) is 2.11. The van der Waals surface area contributed by atoms with Crippen LogP contribution in [0.5, 0.6) is 0 Å². The van der Waals surface area contributed by atoms with Crippen LogP contribution in [-0.2, 0) is 4.79 Å². The molecule has 1 rings (SSSR count). The van der Waals surface area contributed by atoms with E-state index in [1.165, 1.54) is 0 Å². The summed E-state index contributed by atoms with van der Waals surface area (Å²) in [5.74, 6) is -0.698. The molecule has 0 aromatic rings. The van der Waals surface area contributed by atoms with E-state index in [4.69, 9.17) is 0 Å². The molecule has 1 saturated carbocycles. The van der Waals surface area contributed by atoms with Gasteiger partial charge in [-0.05, 0) is 38.3 Å². The number of carbonyl (C=O) groups is 1. The second-order valence-electron chi connectivity index (χ2n) is 6.79. The van der Waals surface area contributed by atoms with Crippen molar-refractivity contribution < 1.29 is 9.90 Å². The quantitative estimate of drug-likeness (QED) is 0.789. The predicted octanol–water partition coefficient (Wildman–Crippen LogP) is 1.95. The SMILES string of the molecule is CCNC1(C(=O)O)CCC(N(C)CC(C)(C)C)C1. The van der Waals surface area contributed by atoms with Crippen LogP contribution in [-0.4, -0.2) is 47.7 Å². The van der Waals surface area contributed by atoms with Crippen molar-refractivity contribution in [3.05, 3.63) is 0 Å². The summed E-state index contributed by atoms with van der Waals surface area (Å²) >= 11 is 0. The molecule has 2 unspecified atom stereocenters. The van der Waals surface area contributed by atoms with Gasteiger partial charge in [-0.25, -0.2) is 0 Å². The number of nitrogens with one attached hydrogen (secondary N) is 1. The lowest BCUT2D eigenvalue weighted by Crippen LogP contribution is -2.51. The molecule has 4 heteroatoms. The van der Waals surface area contributed by atoms with Crippen molar-refractivity contribution in [2.24, 2.45) is 5.41 Å². The van der Waals surface area contributed by atoms with E-state index in [0.717, 1.165) is 19.4 Å². The number of hydrogen-bond donors (Lipinski definition) is 2. The van der Waals surface area contributed by atoms with E-state index in [9.17, 15) is 9.90 Å². The third-order valence-corrected chi connectivity index (χ3v) is 3.76. The summed E-state index contributed by atoms with van der Waals surface area (Å²) in [4.78, 5) is 13.8. The number of rotatable bonds is 5. The molecule has 106 valence electrons. The highest BCUT2D eigenvalue weighted by Gasteiger charge is 2.46. The van der Waals surface area contributed by atoms with Crippen LogP contribution < -0.4 is 5.32 Å². The van der Waals surface area contributed by atoms with Crippen LogP contribution in [0.2, 0.25) is 0 Å². The third-order valence-electron chi connectivity index (χ3n) is 3.76. The molecular weight excluding hydrogens is 228 g/mol. The molecule has 1 aliphatic carbocycles. The zero-order valence-electron chi connectivity index (χ0n) is 12.4. The molecule has 0 saturated heterocycles. The van der Waals surface area contributed by atoms with Crippen LogP contribution >= 0.6 is 0 Å². The van der Waals surface area contributed by atoms with Crippen molar-refractivity contribution >= 4 is 5.97 Å². The molecule has 18 heavy (non-hydrogen) atoms. The Morgan fingerprint density at radius 2 is 2.11 bits per heavy atom. The second kappa shape index (κ2) is 5.57. The van der Waals surface area contributed by atoms with Crippen LogP contribution in [0.3, 0.4) is 0 Å². The maximum Gasteiger partial charge on any atom is 0.323 e. The fourth-order valence-electron chi connectivity index (χ4n) is 3.04. The highest BCUT2D eigenvalue weighted by molar-refractivity contribution is 5.79. The molecule has 0 spiro atoms. The van der Waals surface area contributed by atoms with Gasteiger partial charge < -0.3 is 15.3 Å². The van der Waals surface area contributed by atoms with Crippen LogP contribution in [0.4, 0.5) is 0 Å². The van der Waals surface area contributed by atoms with Gasteiger partial charge in [-0.1, -0.05) is 27.7 Å². The first-order chi connectivity index (χ1) is 8.20. The average Bonchev–Trinajstić information content (AvgIpc) is 2.61. The minimum Gasteiger partial charge on any atom is -0.480 e. The summed E-state index contributed by atoms with van der Waals surface area (Å²) in [6.07, 6.45) is 2.41. The first-order valence-electron chi connectivity index (χ1n) is 6.89. The van der Waals surface area contributed by atoms with Gasteiger partial charge in [0.15, 0.2) is 0 Å². The molecule has 1 fully saturated rings. The molecule has 1 aliphatic rings. The zero-order chi connectivity index (χ0) is 14.0. The van der Waals surface area contributed by atoms with Gasteiger partial charge in [0.2, 0.25) is 0 Å². The van der Waals surface area contributed by atoms with Crippen LogP contribution in [0.15, 0.2) is 0 Å². The molecule has 0 aromatic carbocycles. The molecule has 2 atom stereocenters. The van der Waals surface area contributed by atoms with Crippen LogP contribution in [0, 0.1) is 5.41 Å². The van der Waals surface area contributed by atoms with Crippen molar-refractivity contribution in [2.75, 3.05) is 20.1 Å². The van der Waals surface area contributed by atoms with Crippen molar-refractivity contribution in [1.82, 2.24) is 10.2 Å². The topological polar surface area (TPSA) is 52.6 Å². The summed E-state index contributed by atoms with van der Waals surface area (Å²) in [5, 5.41) is 12.6. The lowest BCUT2D eigenvalue weighted by atomic mass is 9.94. The molecule has 4 nitrogen and oxygen atoms in total. The smallest absolute Gasteiger partial charge is 0.323 e. The fourth-order valence-corrected chi connectivity index (χ4v) is 3.04. The van der Waals surface area contributed by atoms with E-state index < -0.39 is 11.5 Å². The molecule has 0 aliphatic heterocycles. The fraction of sp³-hybridized carbons (Fsp3) is 0.929. The Hall–Kier alpha value is -0.610. The Kier molecular flexibility index (Phi) is 4.78. The van der Waals surface area contributed by atoms with Gasteiger partial charge in [-0.2, -0.15) is 0 Å². The summed E-state index contributed by atoms with van der Waals surface area (Å²) in [6.45, 7) is 10.3. The highest BCUT2D eigenvalue weighted by Crippen LogP contribution is 2.34. The standard InChI is InChI=1S/C14H28N2O2/c1-6-15-14(12(17)18)8-7-11(9-14)16(5)10-13(2,3)4/h11,15H,6-10H2,1-5H3,(H,17,18). The van der Waals surface area contributed by atoms with E-state index >= 15 is 0 Å². The number of hydrogen-bond acceptors (Lipinski definition) is 3. The van der Waals surface area contributed by atoms with Gasteiger partial charge in [-0.15, -0.1) is 0 Å². The molecule has 2 N–H and O–H groups in total. The van der Waals surface area contributed by atoms with E-state index in [-0.39, 0.29) is 5.41 Å². The van der Waals surface area contributed by atoms with Crippen molar-refractivity contribution in [3.8, 4) is 0 Å². The Bertz CT molecular complexity index is 299. The number of carboxylic acid groups (broad SMARTS) is 1. The first-order valence-corrected chi connectivity index (χ1v) is 6.89. The maximum absolute atomic E-state index is 11.5. The minimum atomic E-state index is -0.703. The van der Waals surface area contributed by atoms with Crippen molar-refractivity contribution in [2.45, 2.75) is 58.5 Å². The molecule has 0 heterocycles. The predicted molar refractivity (Wildman–Crippen MR) is 73.8 cm³/mol. The largest absolute Gasteiger partial charge is 0.480 e. The highest BCUT2D eigenvalue weighted by atomic mass is 16.4. The Morgan fingerprint density at radius 1 is 1.50 bits per heavy atom. The molecule has 0 amide bonds. The van der Waals surface area contributed by atoms with Gasteiger partial charge in [0.1, 0.15) is 5.54 Å². The normalized spacial score (nSPS) is 28.9. The van der Waals surface area contributed by atoms with Crippen LogP contribution in [0.1, 0.15) is 47.0 Å². The molecule has 0 aromatic heterocycles. The number of carboxylic acids is 1. The maximum atomic E-state index is 11.5. The Balaban J connectivity index is 2.66. The number of likely N-dealkylation sites (N-methyl/N-ethyl adjacent to an activating group) is 1. The molecule has 0 bridgehead atoms. The van der Waals surface area contributed by atoms with E-state index in [1.54, 1.807) is 0 Å². The van der Waals surface area contributed by atoms with Gasteiger partial charge in [-0.3, -0.25) is 4.79 Å². The van der Waals surface area contributed by atoms with E-state index in [1.807, 2.05) is 6.92 Å². The zero-order valence-corrected chi connectivity index (χ0v) is 12.4. The average molecular weight is 256 g/mol. The van der Waals surface area contributed by atoms with Gasteiger partial charge in [0, 0.05) is 12.6 Å². The van der Waals surface area contributed by atoms with Crippen LogP contribution in [0.25, 0.3) is 0 Å². The molecule has 0 radical (unpaired) electrons. The van der Waals surface area contributed by atoms with E-state index in [0.29, 0.717) is 19.0 Å². The summed E-state index contributed by atoms with van der Waals surface area (Å²) in [6, 6.07) is 0.374. The summed E-state index contributed by atoms with van der Waals surface area (Å²) in [5.41, 5.74) is -0.451. The monoisotopic (exact) mass is 256 g/mol. The Labute approximate surface area is 111 Å². The van der Waals surface area contributed by atoms with Crippen molar-refractivity contribution in [3.63, 3.8) is 0 Å². The van der Waals surface area contributed by atoms with Gasteiger partial charge >= 0.3 is 5.97 Å². The number of aliphatic carboxylic acids is 1. The third kappa shape index (κ3) is 3.69. The van der Waals surface area contributed by atoms with E-state index in [2.05, 4.69) is 38.0 Å². The number of nitrogens with zero attached hydrogens (tertiary/aromatic N) is 1. The molecular formula is C14H28N2O2. The van der Waals surface area contributed by atoms with Gasteiger partial charge in [0.25, 0.3) is 0 Å². The van der Waals surface area contributed by atoms with Gasteiger partial charge in [0.05, 0.1) is 0 Å². The first kappa shape index (κ1) is 15.4.